The first kappa shape index (κ1) is 10.7. The maximum absolute atomic E-state index is 11.8. The van der Waals surface area contributed by atoms with Crippen molar-refractivity contribution in [2.45, 2.75) is 19.9 Å². The molecule has 0 spiro atoms. The number of aromatic nitrogens is 2. The van der Waals surface area contributed by atoms with E-state index in [4.69, 9.17) is 0 Å². The Balaban J connectivity index is 2.41. The van der Waals surface area contributed by atoms with E-state index in [0.717, 1.165) is 5.69 Å². The third kappa shape index (κ3) is 1.56. The zero-order valence-electron chi connectivity index (χ0n) is 9.52. The highest BCUT2D eigenvalue weighted by Gasteiger charge is 2.33. The molecule has 1 aliphatic heterocycles. The molecule has 0 saturated carbocycles. The van der Waals surface area contributed by atoms with Crippen LogP contribution < -0.4 is 10.2 Å². The van der Waals surface area contributed by atoms with E-state index in [-0.39, 0.29) is 18.4 Å². The summed E-state index contributed by atoms with van der Waals surface area (Å²) < 4.78 is 1.64. The van der Waals surface area contributed by atoms with E-state index in [0.29, 0.717) is 5.69 Å². The van der Waals surface area contributed by atoms with Gasteiger partial charge in [0, 0.05) is 13.2 Å². The molecule has 1 saturated heterocycles. The number of anilines is 1. The third-order valence-electron chi connectivity index (χ3n) is 2.70. The van der Waals surface area contributed by atoms with Crippen LogP contribution in [0.3, 0.4) is 0 Å². The molecule has 1 fully saturated rings. The molecule has 16 heavy (non-hydrogen) atoms. The number of rotatable bonds is 1. The summed E-state index contributed by atoms with van der Waals surface area (Å²) in [6, 6.07) is -0.482. The highest BCUT2D eigenvalue weighted by molar-refractivity contribution is 6.06. The Kier molecular flexibility index (Phi) is 2.41. The van der Waals surface area contributed by atoms with E-state index in [1.807, 2.05) is 6.92 Å². The lowest BCUT2D eigenvalue weighted by atomic mass is 10.1. The molecule has 0 aromatic carbocycles. The van der Waals surface area contributed by atoms with Crippen LogP contribution in [0, 0.1) is 6.92 Å². The molecule has 86 valence electrons. The molecule has 0 aliphatic carbocycles. The van der Waals surface area contributed by atoms with Gasteiger partial charge in [-0.3, -0.25) is 19.2 Å². The topological polar surface area (TPSA) is 67.2 Å². The Labute approximate surface area is 93.2 Å². The van der Waals surface area contributed by atoms with E-state index < -0.39 is 6.04 Å². The second-order valence-corrected chi connectivity index (χ2v) is 3.93. The molecule has 2 heterocycles. The van der Waals surface area contributed by atoms with E-state index in [9.17, 15) is 9.59 Å². The Morgan fingerprint density at radius 3 is 2.75 bits per heavy atom. The molecule has 6 heteroatoms. The zero-order valence-corrected chi connectivity index (χ0v) is 9.52. The van der Waals surface area contributed by atoms with Crippen LogP contribution in [-0.2, 0) is 16.6 Å². The van der Waals surface area contributed by atoms with Crippen molar-refractivity contribution in [3.05, 3.63) is 11.9 Å². The molecule has 0 bridgehead atoms. The lowest BCUT2D eigenvalue weighted by molar-refractivity contribution is -0.130. The lowest BCUT2D eigenvalue weighted by Crippen LogP contribution is -2.57. The molecule has 1 aromatic rings. The molecule has 1 N–H and O–H groups in total. The minimum absolute atomic E-state index is 0.0531. The van der Waals surface area contributed by atoms with Crippen molar-refractivity contribution in [2.24, 2.45) is 7.05 Å². The number of aryl methyl sites for hydroxylation is 2. The van der Waals surface area contributed by atoms with Crippen LogP contribution in [0.2, 0.25) is 0 Å². The van der Waals surface area contributed by atoms with Crippen molar-refractivity contribution in [2.75, 3.05) is 11.4 Å². The monoisotopic (exact) mass is 222 g/mol. The Bertz CT molecular complexity index is 452. The van der Waals surface area contributed by atoms with Gasteiger partial charge in [-0.1, -0.05) is 0 Å². The first-order valence-corrected chi connectivity index (χ1v) is 5.10. The van der Waals surface area contributed by atoms with Crippen LogP contribution in [0.1, 0.15) is 12.6 Å². The number of carbonyl (C=O) groups is 2. The maximum atomic E-state index is 11.8. The largest absolute Gasteiger partial charge is 0.345 e. The average Bonchev–Trinajstić information content (AvgIpc) is 2.53. The standard InChI is InChI=1S/C10H14N4O2/c1-6-8(5-13(3)12-6)14-7(2)10(16)11-4-9(14)15/h5,7H,4H2,1-3H3,(H,11,16). The number of nitrogens with one attached hydrogen (secondary N) is 1. The summed E-state index contributed by atoms with van der Waals surface area (Å²) in [6.07, 6.45) is 1.75. The first-order valence-electron chi connectivity index (χ1n) is 5.10. The molecule has 1 atom stereocenters. The Morgan fingerprint density at radius 1 is 1.50 bits per heavy atom. The van der Waals surface area contributed by atoms with E-state index in [1.54, 1.807) is 24.9 Å². The van der Waals surface area contributed by atoms with Gasteiger partial charge in [0.05, 0.1) is 17.9 Å². The fourth-order valence-electron chi connectivity index (χ4n) is 1.90. The van der Waals surface area contributed by atoms with Crippen molar-refractivity contribution in [1.29, 1.82) is 0 Å². The highest BCUT2D eigenvalue weighted by Crippen LogP contribution is 2.22. The van der Waals surface area contributed by atoms with Gasteiger partial charge >= 0.3 is 0 Å². The Hall–Kier alpha value is -1.85. The van der Waals surface area contributed by atoms with E-state index >= 15 is 0 Å². The third-order valence-corrected chi connectivity index (χ3v) is 2.70. The van der Waals surface area contributed by atoms with Gasteiger partial charge in [-0.15, -0.1) is 0 Å². The Morgan fingerprint density at radius 2 is 2.19 bits per heavy atom. The van der Waals surface area contributed by atoms with Crippen LogP contribution in [0.25, 0.3) is 0 Å². The van der Waals surface area contributed by atoms with Crippen molar-refractivity contribution in [3.63, 3.8) is 0 Å². The van der Waals surface area contributed by atoms with Gasteiger partial charge in [-0.05, 0) is 13.8 Å². The predicted octanol–water partition coefficient (Wildman–Crippen LogP) is -0.420. The molecule has 1 unspecified atom stereocenters. The van der Waals surface area contributed by atoms with Crippen molar-refractivity contribution in [3.8, 4) is 0 Å². The van der Waals surface area contributed by atoms with Crippen molar-refractivity contribution >= 4 is 17.5 Å². The number of piperazine rings is 1. The van der Waals surface area contributed by atoms with Gasteiger partial charge in [-0.2, -0.15) is 5.10 Å². The van der Waals surface area contributed by atoms with Crippen LogP contribution in [-0.4, -0.2) is 34.2 Å². The highest BCUT2D eigenvalue weighted by atomic mass is 16.2. The molecule has 6 nitrogen and oxygen atoms in total. The van der Waals surface area contributed by atoms with Crippen LogP contribution in [0.4, 0.5) is 5.69 Å². The summed E-state index contributed by atoms with van der Waals surface area (Å²) in [5, 5.41) is 6.72. The number of amides is 2. The van der Waals surface area contributed by atoms with E-state index in [1.165, 1.54) is 4.90 Å². The second kappa shape index (κ2) is 3.62. The van der Waals surface area contributed by atoms with Crippen molar-refractivity contribution < 1.29 is 9.59 Å². The molecular formula is C10H14N4O2. The van der Waals surface area contributed by atoms with Crippen LogP contribution in [0.5, 0.6) is 0 Å². The number of hydrogen-bond acceptors (Lipinski definition) is 3. The van der Waals surface area contributed by atoms with Gasteiger partial charge < -0.3 is 5.32 Å². The van der Waals surface area contributed by atoms with Crippen LogP contribution in [0.15, 0.2) is 6.20 Å². The maximum Gasteiger partial charge on any atom is 0.247 e. The molecule has 2 rings (SSSR count). The average molecular weight is 222 g/mol. The summed E-state index contributed by atoms with van der Waals surface area (Å²) in [6.45, 7) is 3.58. The fourth-order valence-corrected chi connectivity index (χ4v) is 1.90. The lowest BCUT2D eigenvalue weighted by Gasteiger charge is -2.32. The quantitative estimate of drug-likeness (QED) is 0.701. The predicted molar refractivity (Wildman–Crippen MR) is 57.9 cm³/mol. The first-order chi connectivity index (χ1) is 7.50. The molecular weight excluding hydrogens is 208 g/mol. The zero-order chi connectivity index (χ0) is 11.9. The smallest absolute Gasteiger partial charge is 0.247 e. The number of hydrogen-bond donors (Lipinski definition) is 1. The molecule has 1 aromatic heterocycles. The van der Waals surface area contributed by atoms with Gasteiger partial charge in [0.2, 0.25) is 11.8 Å². The SMILES string of the molecule is Cc1nn(C)cc1N1C(=O)CNC(=O)C1C. The van der Waals surface area contributed by atoms with Gasteiger partial charge in [0.15, 0.2) is 0 Å². The summed E-state index contributed by atoms with van der Waals surface area (Å²) in [5.41, 5.74) is 1.45. The second-order valence-electron chi connectivity index (χ2n) is 3.93. The summed E-state index contributed by atoms with van der Waals surface area (Å²) in [5.74, 6) is -0.244. The van der Waals surface area contributed by atoms with E-state index in [2.05, 4.69) is 10.4 Å². The summed E-state index contributed by atoms with van der Waals surface area (Å²) >= 11 is 0. The fraction of sp³-hybridized carbons (Fsp3) is 0.500. The minimum atomic E-state index is -0.482. The van der Waals surface area contributed by atoms with Gasteiger partial charge in [0.25, 0.3) is 0 Å². The van der Waals surface area contributed by atoms with Gasteiger partial charge in [-0.25, -0.2) is 0 Å². The number of nitrogens with zero attached hydrogens (tertiary/aromatic N) is 3. The molecule has 0 radical (unpaired) electrons. The number of carbonyl (C=O) groups excluding carboxylic acids is 2. The minimum Gasteiger partial charge on any atom is -0.345 e. The van der Waals surface area contributed by atoms with Gasteiger partial charge in [0.1, 0.15) is 6.04 Å². The van der Waals surface area contributed by atoms with Crippen molar-refractivity contribution in [1.82, 2.24) is 15.1 Å². The van der Waals surface area contributed by atoms with Crippen LogP contribution >= 0.6 is 0 Å². The molecule has 1 aliphatic rings. The summed E-state index contributed by atoms with van der Waals surface area (Å²) in [7, 11) is 1.79. The summed E-state index contributed by atoms with van der Waals surface area (Å²) in [4.78, 5) is 24.8. The molecule has 2 amide bonds. The normalized spacial score (nSPS) is 21.2.